The van der Waals surface area contributed by atoms with E-state index in [-0.39, 0.29) is 11.9 Å². The summed E-state index contributed by atoms with van der Waals surface area (Å²) in [5.74, 6) is 1.68. The molecule has 2 fully saturated rings. The van der Waals surface area contributed by atoms with Crippen LogP contribution in [0.15, 0.2) is 29.4 Å². The molecule has 0 heterocycles. The number of carbonyl (C=O) groups is 1. The largest absolute Gasteiger partial charge is 0.497 e. The topological polar surface area (TPSA) is 47.9 Å². The summed E-state index contributed by atoms with van der Waals surface area (Å²) in [7, 11) is 1.67. The molecule has 0 spiro atoms. The Kier molecular flexibility index (Phi) is 3.47. The van der Waals surface area contributed by atoms with Gasteiger partial charge >= 0.3 is 5.97 Å². The van der Waals surface area contributed by atoms with Gasteiger partial charge in [-0.1, -0.05) is 17.3 Å². The summed E-state index contributed by atoms with van der Waals surface area (Å²) >= 11 is 0. The summed E-state index contributed by atoms with van der Waals surface area (Å²) in [5.41, 5.74) is 2.21. The summed E-state index contributed by atoms with van der Waals surface area (Å²) in [6, 6.07) is 8.13. The van der Waals surface area contributed by atoms with Crippen molar-refractivity contribution in [2.24, 2.45) is 17.0 Å². The van der Waals surface area contributed by atoms with E-state index in [1.54, 1.807) is 7.11 Å². The maximum absolute atomic E-state index is 11.4. The van der Waals surface area contributed by atoms with E-state index in [0.29, 0.717) is 11.8 Å². The Hall–Kier alpha value is -1.84. The predicted octanol–water partition coefficient (Wildman–Crippen LogP) is 3.13. The minimum Gasteiger partial charge on any atom is -0.497 e. The molecule has 2 atom stereocenters. The Bertz CT molecular complexity index is 531. The average molecular weight is 273 g/mol. The molecule has 4 heteroatoms. The molecule has 0 N–H and O–H groups in total. The van der Waals surface area contributed by atoms with Crippen LogP contribution >= 0.6 is 0 Å². The Morgan fingerprint density at radius 3 is 2.55 bits per heavy atom. The molecule has 4 nitrogen and oxygen atoms in total. The third kappa shape index (κ3) is 2.84. The highest BCUT2D eigenvalue weighted by atomic mass is 16.7. The summed E-state index contributed by atoms with van der Waals surface area (Å²) in [5, 5.41) is 4.00. The quantitative estimate of drug-likeness (QED) is 0.470. The van der Waals surface area contributed by atoms with Gasteiger partial charge in [0.2, 0.25) is 0 Å². The Labute approximate surface area is 118 Å². The van der Waals surface area contributed by atoms with E-state index in [1.807, 2.05) is 19.1 Å². The molecule has 0 unspecified atom stereocenters. The van der Waals surface area contributed by atoms with Gasteiger partial charge in [0.25, 0.3) is 0 Å². The number of oxime groups is 1. The third-order valence-electron chi connectivity index (χ3n) is 4.06. The zero-order chi connectivity index (χ0) is 14.1. The molecule has 3 rings (SSSR count). The van der Waals surface area contributed by atoms with Gasteiger partial charge in [0.15, 0.2) is 0 Å². The second kappa shape index (κ2) is 5.27. The van der Waals surface area contributed by atoms with Gasteiger partial charge in [0.1, 0.15) is 5.75 Å². The molecule has 0 radical (unpaired) electrons. The first kappa shape index (κ1) is 13.2. The molecule has 2 aliphatic carbocycles. The fourth-order valence-corrected chi connectivity index (χ4v) is 2.45. The molecule has 2 aliphatic rings. The lowest BCUT2D eigenvalue weighted by Gasteiger charge is -2.03. The summed E-state index contributed by atoms with van der Waals surface area (Å²) in [6.45, 7) is 1.94. The minimum atomic E-state index is -0.175. The fourth-order valence-electron chi connectivity index (χ4n) is 2.45. The van der Waals surface area contributed by atoms with Gasteiger partial charge < -0.3 is 9.57 Å². The fraction of sp³-hybridized carbons (Fsp3) is 0.500. The van der Waals surface area contributed by atoms with Crippen LogP contribution < -0.4 is 4.74 Å². The van der Waals surface area contributed by atoms with Crippen LogP contribution in [-0.2, 0) is 9.63 Å². The van der Waals surface area contributed by atoms with E-state index < -0.39 is 0 Å². The molecule has 0 amide bonds. The van der Waals surface area contributed by atoms with Crippen molar-refractivity contribution in [2.45, 2.75) is 32.1 Å². The van der Waals surface area contributed by atoms with Crippen LogP contribution in [0.4, 0.5) is 0 Å². The first-order valence-corrected chi connectivity index (χ1v) is 7.08. The van der Waals surface area contributed by atoms with Crippen LogP contribution in [0.5, 0.6) is 5.75 Å². The van der Waals surface area contributed by atoms with Crippen molar-refractivity contribution >= 4 is 11.7 Å². The van der Waals surface area contributed by atoms with Gasteiger partial charge in [-0.05, 0) is 49.8 Å². The summed E-state index contributed by atoms with van der Waals surface area (Å²) in [4.78, 5) is 16.4. The number of rotatable bonds is 5. The summed E-state index contributed by atoms with van der Waals surface area (Å²) < 4.78 is 5.16. The molecular weight excluding hydrogens is 254 g/mol. The van der Waals surface area contributed by atoms with Gasteiger partial charge in [-0.2, -0.15) is 0 Å². The normalized spacial score (nSPS) is 25.2. The maximum atomic E-state index is 11.4. The first-order valence-electron chi connectivity index (χ1n) is 7.08. The van der Waals surface area contributed by atoms with Crippen molar-refractivity contribution in [3.8, 4) is 5.75 Å². The van der Waals surface area contributed by atoms with E-state index in [2.05, 4.69) is 17.3 Å². The highest BCUT2D eigenvalue weighted by molar-refractivity contribution is 5.88. The highest BCUT2D eigenvalue weighted by Gasteiger charge is 2.41. The Morgan fingerprint density at radius 2 is 1.95 bits per heavy atom. The van der Waals surface area contributed by atoms with Crippen molar-refractivity contribution in [2.75, 3.05) is 7.11 Å². The van der Waals surface area contributed by atoms with Crippen molar-refractivity contribution in [3.63, 3.8) is 0 Å². The predicted molar refractivity (Wildman–Crippen MR) is 75.8 cm³/mol. The van der Waals surface area contributed by atoms with Crippen molar-refractivity contribution in [1.29, 1.82) is 0 Å². The number of hydrogen-bond donors (Lipinski definition) is 0. The molecule has 0 saturated heterocycles. The molecule has 1 aromatic carbocycles. The number of benzene rings is 1. The van der Waals surface area contributed by atoms with Crippen LogP contribution in [0, 0.1) is 11.8 Å². The number of carbonyl (C=O) groups excluding carboxylic acids is 1. The van der Waals surface area contributed by atoms with E-state index in [0.717, 1.165) is 30.7 Å². The Morgan fingerprint density at radius 1 is 1.25 bits per heavy atom. The zero-order valence-electron chi connectivity index (χ0n) is 11.8. The van der Waals surface area contributed by atoms with Gasteiger partial charge in [0.05, 0.1) is 18.7 Å². The van der Waals surface area contributed by atoms with Crippen LogP contribution in [0.1, 0.15) is 37.7 Å². The second-order valence-corrected chi connectivity index (χ2v) is 5.64. The zero-order valence-corrected chi connectivity index (χ0v) is 11.8. The number of ether oxygens (including phenoxy) is 1. The lowest BCUT2D eigenvalue weighted by molar-refractivity contribution is -0.145. The molecule has 2 saturated carbocycles. The van der Waals surface area contributed by atoms with E-state index in [9.17, 15) is 4.79 Å². The van der Waals surface area contributed by atoms with Crippen LogP contribution in [0.3, 0.4) is 0 Å². The monoisotopic (exact) mass is 273 g/mol. The van der Waals surface area contributed by atoms with Crippen LogP contribution in [0.25, 0.3) is 0 Å². The minimum absolute atomic E-state index is 0.100. The number of nitrogens with zero attached hydrogens (tertiary/aromatic N) is 1. The van der Waals surface area contributed by atoms with Crippen LogP contribution in [-0.4, -0.2) is 18.8 Å². The van der Waals surface area contributed by atoms with Gasteiger partial charge in [-0.15, -0.1) is 0 Å². The van der Waals surface area contributed by atoms with Gasteiger partial charge in [0, 0.05) is 5.92 Å². The van der Waals surface area contributed by atoms with Crippen molar-refractivity contribution in [3.05, 3.63) is 29.8 Å². The second-order valence-electron chi connectivity index (χ2n) is 5.64. The average Bonchev–Trinajstić information content (AvgIpc) is 3.36. The van der Waals surface area contributed by atoms with Gasteiger partial charge in [-0.25, -0.2) is 4.79 Å². The molecule has 1 aromatic rings. The maximum Gasteiger partial charge on any atom is 0.338 e. The first-order chi connectivity index (χ1) is 9.69. The molecule has 106 valence electrons. The van der Waals surface area contributed by atoms with Crippen molar-refractivity contribution in [1.82, 2.24) is 0 Å². The standard InChI is InChI=1S/C16H19NO3/c1-10(17-20-16(18)12-3-4-12)14-9-15(14)11-5-7-13(19-2)8-6-11/h5-8,12,14-15H,3-4,9H2,1-2H3/t14-,15+/m1/s1. The Balaban J connectivity index is 1.56. The third-order valence-corrected chi connectivity index (χ3v) is 4.06. The summed E-state index contributed by atoms with van der Waals surface area (Å²) in [6.07, 6.45) is 2.97. The lowest BCUT2D eigenvalue weighted by atomic mass is 10.1. The molecular formula is C16H19NO3. The molecule has 20 heavy (non-hydrogen) atoms. The molecule has 0 aromatic heterocycles. The lowest BCUT2D eigenvalue weighted by Crippen LogP contribution is -2.05. The smallest absolute Gasteiger partial charge is 0.338 e. The highest BCUT2D eigenvalue weighted by Crippen LogP contribution is 2.48. The van der Waals surface area contributed by atoms with Crippen molar-refractivity contribution < 1.29 is 14.4 Å². The number of methoxy groups -OCH3 is 1. The van der Waals surface area contributed by atoms with Crippen LogP contribution in [0.2, 0.25) is 0 Å². The van der Waals surface area contributed by atoms with E-state index in [1.165, 1.54) is 5.56 Å². The van der Waals surface area contributed by atoms with E-state index >= 15 is 0 Å². The van der Waals surface area contributed by atoms with E-state index in [4.69, 9.17) is 9.57 Å². The SMILES string of the molecule is COc1ccc([C@@H]2C[C@@H]2C(C)=NOC(=O)C2CC2)cc1. The molecule has 0 aliphatic heterocycles. The number of hydrogen-bond acceptors (Lipinski definition) is 4. The van der Waals surface area contributed by atoms with Gasteiger partial charge in [-0.3, -0.25) is 0 Å². The molecule has 0 bridgehead atoms.